The van der Waals surface area contributed by atoms with Gasteiger partial charge in [0.2, 0.25) is 0 Å². The summed E-state index contributed by atoms with van der Waals surface area (Å²) in [7, 11) is -7.55. The fourth-order valence-corrected chi connectivity index (χ4v) is 1.68. The summed E-state index contributed by atoms with van der Waals surface area (Å²) in [4.78, 5) is 0. The zero-order valence-corrected chi connectivity index (χ0v) is 14.1. The van der Waals surface area contributed by atoms with Crippen LogP contribution in [0, 0.1) is 0 Å². The summed E-state index contributed by atoms with van der Waals surface area (Å²) in [6, 6.07) is 0. The van der Waals surface area contributed by atoms with Crippen molar-refractivity contribution < 1.29 is 86.4 Å². The maximum absolute atomic E-state index is 13.0. The van der Waals surface area contributed by atoms with Gasteiger partial charge >= 0.3 is 58.5 Å². The van der Waals surface area contributed by atoms with Crippen molar-refractivity contribution in [3.8, 4) is 0 Å². The number of hydrogen-bond acceptors (Lipinski definition) is 3. The molecule has 134 valence electrons. The minimum absolute atomic E-state index is 0. The summed E-state index contributed by atoms with van der Waals surface area (Å²) in [5, 5.41) is -7.24. The van der Waals surface area contributed by atoms with Gasteiger partial charge in [0.15, 0.2) is 10.1 Å². The van der Waals surface area contributed by atoms with E-state index in [0.717, 1.165) is 6.92 Å². The molecule has 0 radical (unpaired) electrons. The first-order valence-electron chi connectivity index (χ1n) is 5.15. The van der Waals surface area contributed by atoms with Gasteiger partial charge in [-0.15, -0.1) is 0 Å². The van der Waals surface area contributed by atoms with Crippen molar-refractivity contribution in [1.29, 1.82) is 0 Å². The number of hydrogen-bond donors (Lipinski definition) is 0. The van der Waals surface area contributed by atoms with Crippen LogP contribution in [0.5, 0.6) is 0 Å². The second-order valence-electron chi connectivity index (χ2n) is 4.15. The van der Waals surface area contributed by atoms with Crippen LogP contribution in [0.3, 0.4) is 0 Å². The zero-order chi connectivity index (χ0) is 18.4. The van der Waals surface area contributed by atoms with E-state index < -0.39 is 51.9 Å². The van der Waals surface area contributed by atoms with E-state index in [1.165, 1.54) is 0 Å². The summed E-state index contributed by atoms with van der Waals surface area (Å²) in [6.45, 7) is 0.775. The molecule has 0 aliphatic heterocycles. The third kappa shape index (κ3) is 3.75. The van der Waals surface area contributed by atoms with Gasteiger partial charge in [0.25, 0.3) is 0 Å². The van der Waals surface area contributed by atoms with Gasteiger partial charge in [0.1, 0.15) is 0 Å². The second-order valence-corrected chi connectivity index (χ2v) is 5.57. The molecule has 0 aromatic rings. The fraction of sp³-hybridized carbons (Fsp3) is 1.00. The normalized spacial score (nSPS) is 15.3. The first kappa shape index (κ1) is 25.5. The quantitative estimate of drug-likeness (QED) is 0.357. The van der Waals surface area contributed by atoms with E-state index >= 15 is 0 Å². The van der Waals surface area contributed by atoms with Gasteiger partial charge in [0, 0.05) is 6.42 Å². The minimum atomic E-state index is -7.58. The Hall–Kier alpha value is 0.210. The van der Waals surface area contributed by atoms with E-state index in [9.17, 15) is 56.9 Å². The molecule has 0 spiro atoms. The van der Waals surface area contributed by atoms with Gasteiger partial charge in [-0.2, -0.15) is 43.9 Å². The Bertz CT molecular complexity index is 518. The number of halogens is 10. The molecule has 0 amide bonds. The van der Waals surface area contributed by atoms with Gasteiger partial charge in [-0.1, -0.05) is 13.3 Å². The van der Waals surface area contributed by atoms with Gasteiger partial charge in [-0.25, -0.2) is 8.42 Å². The molecule has 0 rings (SSSR count). The van der Waals surface area contributed by atoms with Gasteiger partial charge in [-0.3, -0.25) is 0 Å². The molecule has 15 heteroatoms. The third-order valence-electron chi connectivity index (χ3n) is 2.49. The second kappa shape index (κ2) is 6.84. The largest absolute Gasteiger partial charge is 1.00 e. The fourth-order valence-electron chi connectivity index (χ4n) is 1.24. The van der Waals surface area contributed by atoms with Crippen LogP contribution in [-0.2, 0) is 10.1 Å². The van der Waals surface area contributed by atoms with Crippen LogP contribution in [0.4, 0.5) is 43.9 Å². The van der Waals surface area contributed by atoms with Crippen LogP contribution in [0.15, 0.2) is 0 Å². The molecule has 0 unspecified atom stereocenters. The van der Waals surface area contributed by atoms with Crippen molar-refractivity contribution >= 4 is 10.1 Å². The maximum Gasteiger partial charge on any atom is 1.00 e. The van der Waals surface area contributed by atoms with E-state index in [-0.39, 0.29) is 29.6 Å². The van der Waals surface area contributed by atoms with E-state index in [1.807, 2.05) is 0 Å². The molecule has 0 aliphatic rings. The molecule has 0 N–H and O–H groups in total. The summed E-state index contributed by atoms with van der Waals surface area (Å²) >= 11 is 0. The molecular weight excluding hydrogens is 389 g/mol. The Morgan fingerprint density at radius 3 is 1.39 bits per heavy atom. The summed E-state index contributed by atoms with van der Waals surface area (Å²) in [5.74, 6) is -28.0. The smallest absolute Gasteiger partial charge is 0.743 e. The Morgan fingerprint density at radius 2 is 1.13 bits per heavy atom. The van der Waals surface area contributed by atoms with Crippen LogP contribution in [0.25, 0.3) is 0 Å². The molecule has 0 saturated carbocycles. The van der Waals surface area contributed by atoms with Crippen LogP contribution in [-0.4, -0.2) is 41.9 Å². The molecule has 0 saturated heterocycles. The Kier molecular flexibility index (Phi) is 7.57. The van der Waals surface area contributed by atoms with Crippen LogP contribution in [0.2, 0.25) is 0 Å². The Labute approximate surface area is 145 Å². The van der Waals surface area contributed by atoms with Gasteiger partial charge < -0.3 is 4.55 Å². The SMILES string of the molecule is CCCC(F)(F)C(F)(F)C(F)(F)C(F)(F)C(F)(F)S(=O)(=O)[O-].[Na+]. The van der Waals surface area contributed by atoms with Crippen molar-refractivity contribution in [2.75, 3.05) is 0 Å². The average Bonchev–Trinajstić information content (AvgIpc) is 2.26. The Morgan fingerprint density at radius 1 is 0.783 bits per heavy atom. The molecule has 0 fully saturated rings. The van der Waals surface area contributed by atoms with E-state index in [4.69, 9.17) is 0 Å². The van der Waals surface area contributed by atoms with Crippen LogP contribution in [0.1, 0.15) is 19.8 Å². The molecular formula is C8H7F10NaO3S. The molecule has 23 heavy (non-hydrogen) atoms. The maximum atomic E-state index is 13.0. The molecule has 0 atom stereocenters. The van der Waals surface area contributed by atoms with E-state index in [0.29, 0.717) is 0 Å². The monoisotopic (exact) mass is 396 g/mol. The predicted molar refractivity (Wildman–Crippen MR) is 49.3 cm³/mol. The molecule has 0 aliphatic carbocycles. The number of alkyl halides is 10. The first-order valence-corrected chi connectivity index (χ1v) is 6.56. The standard InChI is InChI=1S/C8H8F10O3S.Na/c1-2-3-4(9,10)5(11,12)6(13,14)7(15,16)8(17,18)22(19,20)21;/h2-3H2,1H3,(H,19,20,21);/q;+1/p-1. The molecule has 3 nitrogen and oxygen atoms in total. The van der Waals surface area contributed by atoms with E-state index in [2.05, 4.69) is 0 Å². The Balaban J connectivity index is 0. The zero-order valence-electron chi connectivity index (χ0n) is 11.3. The van der Waals surface area contributed by atoms with Crippen molar-refractivity contribution in [2.45, 2.75) is 48.7 Å². The van der Waals surface area contributed by atoms with Crippen molar-refractivity contribution in [3.05, 3.63) is 0 Å². The topological polar surface area (TPSA) is 57.2 Å². The molecule has 0 heterocycles. The predicted octanol–water partition coefficient (Wildman–Crippen LogP) is 0.470. The van der Waals surface area contributed by atoms with Gasteiger partial charge in [-0.05, 0) is 0 Å². The average molecular weight is 396 g/mol. The van der Waals surface area contributed by atoms with Crippen LogP contribution >= 0.6 is 0 Å². The summed E-state index contributed by atoms with van der Waals surface area (Å²) < 4.78 is 158. The molecule has 0 aromatic carbocycles. The van der Waals surface area contributed by atoms with Gasteiger partial charge in [0.05, 0.1) is 0 Å². The van der Waals surface area contributed by atoms with Crippen molar-refractivity contribution in [3.63, 3.8) is 0 Å². The van der Waals surface area contributed by atoms with Crippen molar-refractivity contribution in [1.82, 2.24) is 0 Å². The van der Waals surface area contributed by atoms with E-state index in [1.54, 1.807) is 0 Å². The summed E-state index contributed by atoms with van der Waals surface area (Å²) in [5.41, 5.74) is 0. The summed E-state index contributed by atoms with van der Waals surface area (Å²) in [6.07, 6.45) is -3.00. The van der Waals surface area contributed by atoms with Crippen LogP contribution < -0.4 is 29.6 Å². The molecule has 0 bridgehead atoms. The molecule has 0 aromatic heterocycles. The first-order chi connectivity index (χ1) is 9.31. The van der Waals surface area contributed by atoms with Crippen molar-refractivity contribution in [2.24, 2.45) is 0 Å². The third-order valence-corrected chi connectivity index (χ3v) is 3.38. The number of rotatable bonds is 7. The minimum Gasteiger partial charge on any atom is -0.743 e.